The highest BCUT2D eigenvalue weighted by atomic mass is 35.5. The van der Waals surface area contributed by atoms with E-state index in [9.17, 15) is 4.79 Å². The second-order valence-corrected chi connectivity index (χ2v) is 7.44. The van der Waals surface area contributed by atoms with Crippen LogP contribution in [-0.2, 0) is 9.53 Å². The van der Waals surface area contributed by atoms with Gasteiger partial charge in [-0.3, -0.25) is 4.79 Å². The second-order valence-electron chi connectivity index (χ2n) is 7.44. The van der Waals surface area contributed by atoms with E-state index in [-0.39, 0.29) is 29.8 Å². The normalized spacial score (nSPS) is 25.6. The zero-order valence-corrected chi connectivity index (χ0v) is 15.0. The van der Waals surface area contributed by atoms with Gasteiger partial charge in [0.2, 0.25) is 5.91 Å². The average molecular weight is 321 g/mol. The summed E-state index contributed by atoms with van der Waals surface area (Å²) in [5.41, 5.74) is 5.40. The smallest absolute Gasteiger partial charge is 0.239 e. The Morgan fingerprint density at radius 3 is 2.48 bits per heavy atom. The standard InChI is InChI=1S/C16H32N2O2.ClH/c1-6-9-16(5,17)14(19)18-11-12-8-7-10-20-13(12)15(2,3)4;/h12-13H,6-11,17H2,1-5H3,(H,18,19);1H. The van der Waals surface area contributed by atoms with E-state index in [2.05, 4.69) is 26.1 Å². The Hall–Kier alpha value is -0.320. The Bertz CT molecular complexity index is 327. The quantitative estimate of drug-likeness (QED) is 0.818. The summed E-state index contributed by atoms with van der Waals surface area (Å²) < 4.78 is 5.94. The van der Waals surface area contributed by atoms with Crippen LogP contribution in [0.2, 0.25) is 0 Å². The molecule has 1 fully saturated rings. The maximum absolute atomic E-state index is 12.2. The average Bonchev–Trinajstić information content (AvgIpc) is 2.35. The largest absolute Gasteiger partial charge is 0.377 e. The zero-order valence-electron chi connectivity index (χ0n) is 14.2. The maximum Gasteiger partial charge on any atom is 0.239 e. The van der Waals surface area contributed by atoms with E-state index in [1.807, 2.05) is 13.8 Å². The van der Waals surface area contributed by atoms with Crippen molar-refractivity contribution >= 4 is 18.3 Å². The summed E-state index contributed by atoms with van der Waals surface area (Å²) in [4.78, 5) is 12.2. The Kier molecular flexibility index (Phi) is 8.22. The minimum atomic E-state index is -0.762. The number of ether oxygens (including phenoxy) is 1. The Labute approximate surface area is 136 Å². The van der Waals surface area contributed by atoms with Crippen molar-refractivity contribution in [2.75, 3.05) is 13.2 Å². The molecule has 0 aromatic heterocycles. The summed E-state index contributed by atoms with van der Waals surface area (Å²) >= 11 is 0. The van der Waals surface area contributed by atoms with E-state index in [0.717, 1.165) is 25.9 Å². The molecule has 1 heterocycles. The molecule has 0 bridgehead atoms. The molecule has 0 saturated carbocycles. The molecule has 126 valence electrons. The third-order valence-electron chi connectivity index (χ3n) is 4.11. The first-order valence-corrected chi connectivity index (χ1v) is 7.87. The van der Waals surface area contributed by atoms with Gasteiger partial charge in [-0.1, -0.05) is 34.1 Å². The van der Waals surface area contributed by atoms with Crippen molar-refractivity contribution in [1.29, 1.82) is 0 Å². The molecule has 1 rings (SSSR count). The molecular weight excluding hydrogens is 288 g/mol. The molecule has 1 aliphatic heterocycles. The highest BCUT2D eigenvalue weighted by Gasteiger charge is 2.36. The molecule has 0 spiro atoms. The lowest BCUT2D eigenvalue weighted by molar-refractivity contribution is -0.127. The van der Waals surface area contributed by atoms with Gasteiger partial charge in [-0.2, -0.15) is 0 Å². The minimum absolute atomic E-state index is 0. The van der Waals surface area contributed by atoms with Crippen LogP contribution < -0.4 is 11.1 Å². The molecule has 21 heavy (non-hydrogen) atoms. The molecule has 3 N–H and O–H groups in total. The predicted octanol–water partition coefficient (Wildman–Crippen LogP) is 2.88. The van der Waals surface area contributed by atoms with Crippen LogP contribution >= 0.6 is 12.4 Å². The molecule has 5 heteroatoms. The molecule has 1 saturated heterocycles. The molecule has 0 radical (unpaired) electrons. The van der Waals surface area contributed by atoms with Crippen LogP contribution in [0.3, 0.4) is 0 Å². The molecule has 0 aromatic rings. The lowest BCUT2D eigenvalue weighted by Gasteiger charge is -2.40. The lowest BCUT2D eigenvalue weighted by Crippen LogP contribution is -2.54. The van der Waals surface area contributed by atoms with Crippen LogP contribution in [0.4, 0.5) is 0 Å². The van der Waals surface area contributed by atoms with Crippen LogP contribution in [0.1, 0.15) is 60.3 Å². The van der Waals surface area contributed by atoms with E-state index in [0.29, 0.717) is 18.9 Å². The van der Waals surface area contributed by atoms with Crippen molar-refractivity contribution in [2.24, 2.45) is 17.1 Å². The van der Waals surface area contributed by atoms with Gasteiger partial charge in [-0.05, 0) is 31.6 Å². The molecular formula is C16H33ClN2O2. The highest BCUT2D eigenvalue weighted by molar-refractivity contribution is 5.85. The Morgan fingerprint density at radius 2 is 1.95 bits per heavy atom. The summed E-state index contributed by atoms with van der Waals surface area (Å²) in [5.74, 6) is 0.336. The highest BCUT2D eigenvalue weighted by Crippen LogP contribution is 2.33. The SMILES string of the molecule is CCCC(C)(N)C(=O)NCC1CCCOC1C(C)(C)C.Cl. The number of carbonyl (C=O) groups is 1. The van der Waals surface area contributed by atoms with Gasteiger partial charge in [0.25, 0.3) is 0 Å². The maximum atomic E-state index is 12.2. The van der Waals surface area contributed by atoms with Gasteiger partial charge in [0, 0.05) is 19.1 Å². The van der Waals surface area contributed by atoms with Gasteiger partial charge in [-0.25, -0.2) is 0 Å². The number of hydrogen-bond donors (Lipinski definition) is 2. The fraction of sp³-hybridized carbons (Fsp3) is 0.938. The lowest BCUT2D eigenvalue weighted by atomic mass is 9.78. The Morgan fingerprint density at radius 1 is 1.33 bits per heavy atom. The van der Waals surface area contributed by atoms with Crippen molar-refractivity contribution in [3.05, 3.63) is 0 Å². The van der Waals surface area contributed by atoms with Crippen molar-refractivity contribution in [3.8, 4) is 0 Å². The molecule has 1 aliphatic rings. The number of rotatable bonds is 5. The molecule has 3 unspecified atom stereocenters. The van der Waals surface area contributed by atoms with Crippen molar-refractivity contribution in [3.63, 3.8) is 0 Å². The zero-order chi connectivity index (χ0) is 15.4. The number of nitrogens with two attached hydrogens (primary N) is 1. The summed E-state index contributed by atoms with van der Waals surface area (Å²) in [5, 5.41) is 3.04. The topological polar surface area (TPSA) is 64.4 Å². The van der Waals surface area contributed by atoms with Gasteiger partial charge < -0.3 is 15.8 Å². The summed E-state index contributed by atoms with van der Waals surface area (Å²) in [6.45, 7) is 11.9. The number of amides is 1. The third-order valence-corrected chi connectivity index (χ3v) is 4.11. The summed E-state index contributed by atoms with van der Waals surface area (Å²) in [7, 11) is 0. The molecule has 1 amide bonds. The second kappa shape index (κ2) is 8.35. The summed E-state index contributed by atoms with van der Waals surface area (Å²) in [6, 6.07) is 0. The van der Waals surface area contributed by atoms with Crippen molar-refractivity contribution in [1.82, 2.24) is 5.32 Å². The van der Waals surface area contributed by atoms with Gasteiger partial charge in [-0.15, -0.1) is 12.4 Å². The minimum Gasteiger partial charge on any atom is -0.377 e. The van der Waals surface area contributed by atoms with Crippen LogP contribution in [0, 0.1) is 11.3 Å². The summed E-state index contributed by atoms with van der Waals surface area (Å²) in [6.07, 6.45) is 4.01. The van der Waals surface area contributed by atoms with E-state index < -0.39 is 5.54 Å². The van der Waals surface area contributed by atoms with Crippen LogP contribution in [0.25, 0.3) is 0 Å². The molecule has 3 atom stereocenters. The van der Waals surface area contributed by atoms with E-state index >= 15 is 0 Å². The number of carbonyl (C=O) groups excluding carboxylic acids is 1. The molecule has 4 nitrogen and oxygen atoms in total. The number of hydrogen-bond acceptors (Lipinski definition) is 3. The van der Waals surface area contributed by atoms with Crippen LogP contribution in [0.5, 0.6) is 0 Å². The van der Waals surface area contributed by atoms with Crippen LogP contribution in [-0.4, -0.2) is 30.7 Å². The first kappa shape index (κ1) is 20.7. The van der Waals surface area contributed by atoms with E-state index in [1.54, 1.807) is 0 Å². The third kappa shape index (κ3) is 6.13. The van der Waals surface area contributed by atoms with E-state index in [1.165, 1.54) is 0 Å². The molecule has 0 aliphatic carbocycles. The first-order valence-electron chi connectivity index (χ1n) is 7.87. The first-order chi connectivity index (χ1) is 9.18. The van der Waals surface area contributed by atoms with E-state index in [4.69, 9.17) is 10.5 Å². The fourth-order valence-corrected chi connectivity index (χ4v) is 3.07. The fourth-order valence-electron chi connectivity index (χ4n) is 3.07. The monoisotopic (exact) mass is 320 g/mol. The predicted molar refractivity (Wildman–Crippen MR) is 89.7 cm³/mol. The van der Waals surface area contributed by atoms with Gasteiger partial charge >= 0.3 is 0 Å². The number of halogens is 1. The van der Waals surface area contributed by atoms with Crippen LogP contribution in [0.15, 0.2) is 0 Å². The van der Waals surface area contributed by atoms with Gasteiger partial charge in [0.1, 0.15) is 0 Å². The van der Waals surface area contributed by atoms with Gasteiger partial charge in [0.05, 0.1) is 11.6 Å². The van der Waals surface area contributed by atoms with Gasteiger partial charge in [0.15, 0.2) is 0 Å². The van der Waals surface area contributed by atoms with Crippen molar-refractivity contribution in [2.45, 2.75) is 71.9 Å². The molecule has 0 aromatic carbocycles. The van der Waals surface area contributed by atoms with Crippen molar-refractivity contribution < 1.29 is 9.53 Å². The number of nitrogens with one attached hydrogen (secondary N) is 1. The Balaban J connectivity index is 0.00000400.